The lowest BCUT2D eigenvalue weighted by molar-refractivity contribution is -0.149. The highest BCUT2D eigenvalue weighted by molar-refractivity contribution is 5.67. The molecule has 2 aromatic carbocycles. The van der Waals surface area contributed by atoms with Gasteiger partial charge in [0.05, 0.1) is 13.2 Å². The summed E-state index contributed by atoms with van der Waals surface area (Å²) in [4.78, 5) is 0. The van der Waals surface area contributed by atoms with Gasteiger partial charge in [-0.2, -0.15) is 0 Å². The molecule has 23 heavy (non-hydrogen) atoms. The number of hydrogen-bond acceptors (Lipinski definition) is 3. The average molecular weight is 311 g/mol. The quantitative estimate of drug-likeness (QED) is 0.827. The molecule has 1 N–H and O–H groups in total. The average Bonchev–Trinajstić information content (AvgIpc) is 3.03. The lowest BCUT2D eigenvalue weighted by Crippen LogP contribution is -2.23. The van der Waals surface area contributed by atoms with Gasteiger partial charge in [-0.3, -0.25) is 0 Å². The van der Waals surface area contributed by atoms with Crippen LogP contribution >= 0.6 is 0 Å². The highest BCUT2D eigenvalue weighted by atomic mass is 16.7. The Hall–Kier alpha value is -1.84. The Balaban J connectivity index is 1.96. The maximum absolute atomic E-state index is 5.84. The van der Waals surface area contributed by atoms with Crippen LogP contribution in [-0.4, -0.2) is 13.2 Å². The van der Waals surface area contributed by atoms with Crippen LogP contribution in [0.15, 0.2) is 48.5 Å². The van der Waals surface area contributed by atoms with E-state index in [4.69, 9.17) is 9.47 Å². The van der Waals surface area contributed by atoms with Gasteiger partial charge in [0.25, 0.3) is 0 Å². The van der Waals surface area contributed by atoms with Crippen molar-refractivity contribution in [3.05, 3.63) is 59.7 Å². The fourth-order valence-corrected chi connectivity index (χ4v) is 3.06. The van der Waals surface area contributed by atoms with Crippen molar-refractivity contribution in [2.24, 2.45) is 0 Å². The Bertz CT molecular complexity index is 662. The molecule has 1 aliphatic rings. The molecule has 3 nitrogen and oxygen atoms in total. The molecule has 0 saturated carbocycles. The van der Waals surface area contributed by atoms with E-state index in [2.05, 4.69) is 55.6 Å². The topological polar surface area (TPSA) is 30.5 Å². The maximum Gasteiger partial charge on any atom is 0.194 e. The van der Waals surface area contributed by atoms with E-state index in [-0.39, 0.29) is 0 Å². The third-order valence-corrected chi connectivity index (χ3v) is 4.63. The van der Waals surface area contributed by atoms with E-state index in [1.54, 1.807) is 0 Å². The molecule has 2 aromatic rings. The second kappa shape index (κ2) is 6.73. The van der Waals surface area contributed by atoms with E-state index in [0.717, 1.165) is 23.4 Å². The number of benzene rings is 2. The van der Waals surface area contributed by atoms with Crippen molar-refractivity contribution >= 4 is 11.4 Å². The monoisotopic (exact) mass is 311 g/mol. The Labute approximate surface area is 138 Å². The van der Waals surface area contributed by atoms with E-state index in [1.807, 2.05) is 19.1 Å². The van der Waals surface area contributed by atoms with Crippen LogP contribution < -0.4 is 5.32 Å². The molecule has 1 aliphatic heterocycles. The van der Waals surface area contributed by atoms with Crippen molar-refractivity contribution in [2.45, 2.75) is 38.9 Å². The molecule has 3 rings (SSSR count). The largest absolute Gasteiger partial charge is 0.355 e. The summed E-state index contributed by atoms with van der Waals surface area (Å²) in [6.45, 7) is 7.73. The van der Waals surface area contributed by atoms with Crippen LogP contribution in [0.1, 0.15) is 44.2 Å². The highest BCUT2D eigenvalue weighted by Crippen LogP contribution is 2.38. The second-order valence-electron chi connectivity index (χ2n) is 6.21. The van der Waals surface area contributed by atoms with E-state index < -0.39 is 5.79 Å². The molecule has 0 aromatic heterocycles. The predicted molar refractivity (Wildman–Crippen MR) is 94.1 cm³/mol. The van der Waals surface area contributed by atoms with Crippen molar-refractivity contribution in [1.82, 2.24) is 0 Å². The fraction of sp³-hybridized carbons (Fsp3) is 0.400. The minimum Gasteiger partial charge on any atom is -0.355 e. The molecule has 0 spiro atoms. The van der Waals surface area contributed by atoms with E-state index >= 15 is 0 Å². The first-order valence-corrected chi connectivity index (χ1v) is 8.37. The molecular formula is C20H25NO2. The zero-order valence-corrected chi connectivity index (χ0v) is 14.1. The van der Waals surface area contributed by atoms with Crippen molar-refractivity contribution in [3.8, 4) is 0 Å². The molecule has 1 fully saturated rings. The van der Waals surface area contributed by atoms with E-state index in [9.17, 15) is 0 Å². The minimum absolute atomic E-state index is 0.514. The SMILES string of the molecule is CCC(C)c1ccccc1Nc1ccccc1C1(C)OCCO1. The Kier molecular flexibility index (Phi) is 4.69. The molecule has 0 aliphatic carbocycles. The number of nitrogens with one attached hydrogen (secondary N) is 1. The molecule has 1 saturated heterocycles. The standard InChI is InChI=1S/C20H25NO2/c1-4-15(2)16-9-5-7-11-18(16)21-19-12-8-6-10-17(19)20(3)22-13-14-23-20/h5-12,15,21H,4,13-14H2,1-3H3. The second-order valence-corrected chi connectivity index (χ2v) is 6.21. The Morgan fingerprint density at radius 3 is 2.30 bits per heavy atom. The van der Waals surface area contributed by atoms with Crippen LogP contribution in [-0.2, 0) is 15.3 Å². The number of hydrogen-bond donors (Lipinski definition) is 1. The van der Waals surface area contributed by atoms with Crippen LogP contribution in [0.3, 0.4) is 0 Å². The molecule has 0 radical (unpaired) electrons. The van der Waals surface area contributed by atoms with Crippen LogP contribution in [0.4, 0.5) is 11.4 Å². The number of anilines is 2. The first-order chi connectivity index (χ1) is 11.1. The third kappa shape index (κ3) is 3.26. The molecule has 122 valence electrons. The molecule has 0 amide bonds. The summed E-state index contributed by atoms with van der Waals surface area (Å²) in [7, 11) is 0. The molecule has 3 heteroatoms. The Morgan fingerprint density at radius 1 is 1.00 bits per heavy atom. The summed E-state index contributed by atoms with van der Waals surface area (Å²) in [6.07, 6.45) is 1.12. The zero-order chi connectivity index (χ0) is 16.3. The smallest absolute Gasteiger partial charge is 0.194 e. The van der Waals surface area contributed by atoms with Gasteiger partial charge in [-0.15, -0.1) is 0 Å². The predicted octanol–water partition coefficient (Wildman–Crippen LogP) is 5.16. The number of para-hydroxylation sites is 2. The van der Waals surface area contributed by atoms with Crippen LogP contribution in [0, 0.1) is 0 Å². The van der Waals surface area contributed by atoms with Crippen LogP contribution in [0.2, 0.25) is 0 Å². The van der Waals surface area contributed by atoms with Gasteiger partial charge in [0.2, 0.25) is 0 Å². The first kappa shape index (κ1) is 16.0. The van der Waals surface area contributed by atoms with Gasteiger partial charge < -0.3 is 14.8 Å². The molecule has 1 heterocycles. The van der Waals surface area contributed by atoms with Gasteiger partial charge in [0.15, 0.2) is 5.79 Å². The molecule has 0 bridgehead atoms. The first-order valence-electron chi connectivity index (χ1n) is 8.37. The number of rotatable bonds is 5. The fourth-order valence-electron chi connectivity index (χ4n) is 3.06. The summed E-state index contributed by atoms with van der Waals surface area (Å²) < 4.78 is 11.7. The lowest BCUT2D eigenvalue weighted by atomic mass is 9.96. The van der Waals surface area contributed by atoms with Gasteiger partial charge in [0, 0.05) is 16.9 Å². The van der Waals surface area contributed by atoms with Gasteiger partial charge in [-0.05, 0) is 37.0 Å². The minimum atomic E-state index is -0.672. The van der Waals surface area contributed by atoms with E-state index in [1.165, 1.54) is 5.56 Å². The maximum atomic E-state index is 5.84. The van der Waals surface area contributed by atoms with Crippen LogP contribution in [0.5, 0.6) is 0 Å². The summed E-state index contributed by atoms with van der Waals surface area (Å²) in [5.74, 6) is -0.157. The third-order valence-electron chi connectivity index (χ3n) is 4.63. The van der Waals surface area contributed by atoms with Gasteiger partial charge in [-0.25, -0.2) is 0 Å². The summed E-state index contributed by atoms with van der Waals surface area (Å²) >= 11 is 0. The molecular weight excluding hydrogens is 286 g/mol. The van der Waals surface area contributed by atoms with Crippen molar-refractivity contribution in [1.29, 1.82) is 0 Å². The normalized spacial score (nSPS) is 17.9. The summed E-state index contributed by atoms with van der Waals surface area (Å²) in [5, 5.41) is 3.60. The molecule has 1 atom stereocenters. The van der Waals surface area contributed by atoms with E-state index in [0.29, 0.717) is 19.1 Å². The zero-order valence-electron chi connectivity index (χ0n) is 14.1. The van der Waals surface area contributed by atoms with Gasteiger partial charge in [-0.1, -0.05) is 50.2 Å². The molecule has 1 unspecified atom stereocenters. The van der Waals surface area contributed by atoms with Crippen molar-refractivity contribution in [2.75, 3.05) is 18.5 Å². The number of ether oxygens (including phenoxy) is 2. The summed E-state index contributed by atoms with van der Waals surface area (Å²) in [6, 6.07) is 16.7. The van der Waals surface area contributed by atoms with Gasteiger partial charge >= 0.3 is 0 Å². The highest BCUT2D eigenvalue weighted by Gasteiger charge is 2.35. The lowest BCUT2D eigenvalue weighted by Gasteiger charge is -2.26. The van der Waals surface area contributed by atoms with Gasteiger partial charge in [0.1, 0.15) is 0 Å². The Morgan fingerprint density at radius 2 is 1.61 bits per heavy atom. The van der Waals surface area contributed by atoms with Crippen molar-refractivity contribution in [3.63, 3.8) is 0 Å². The van der Waals surface area contributed by atoms with Crippen molar-refractivity contribution < 1.29 is 9.47 Å². The summed E-state index contributed by atoms with van der Waals surface area (Å²) in [5.41, 5.74) is 4.56. The van der Waals surface area contributed by atoms with Crippen LogP contribution in [0.25, 0.3) is 0 Å².